The second-order valence-electron chi connectivity index (χ2n) is 12.6. The van der Waals surface area contributed by atoms with Gasteiger partial charge in [-0.05, 0) is 55.4 Å². The fraction of sp³-hybridized carbons (Fsp3) is 0.719. The Balaban J connectivity index is 1.16. The molecule has 0 bridgehead atoms. The molecule has 0 aromatic heterocycles. The van der Waals surface area contributed by atoms with Gasteiger partial charge >= 0.3 is 0 Å². The predicted octanol–water partition coefficient (Wildman–Crippen LogP) is 5.69. The first-order valence-electron chi connectivity index (χ1n) is 15.5. The molecular weight excluding hydrogens is 472 g/mol. The summed E-state index contributed by atoms with van der Waals surface area (Å²) >= 11 is 0. The van der Waals surface area contributed by atoms with E-state index in [0.29, 0.717) is 36.7 Å². The summed E-state index contributed by atoms with van der Waals surface area (Å²) in [4.78, 5) is 35.7. The van der Waals surface area contributed by atoms with Crippen LogP contribution in [0.3, 0.4) is 0 Å². The Hall–Kier alpha value is -2.37. The molecule has 0 spiro atoms. The minimum atomic E-state index is -0.636. The molecule has 2 amide bonds. The van der Waals surface area contributed by atoms with Gasteiger partial charge in [0.15, 0.2) is 5.96 Å². The first-order chi connectivity index (χ1) is 18.5. The van der Waals surface area contributed by atoms with Crippen LogP contribution < -0.4 is 5.73 Å². The number of aryl methyl sites for hydroxylation is 1. The van der Waals surface area contributed by atoms with Crippen molar-refractivity contribution in [2.75, 3.05) is 19.6 Å². The Labute approximate surface area is 229 Å². The molecule has 5 rings (SSSR count). The molecule has 3 fully saturated rings. The van der Waals surface area contributed by atoms with Crippen molar-refractivity contribution >= 4 is 17.8 Å². The van der Waals surface area contributed by atoms with Crippen molar-refractivity contribution in [3.05, 3.63) is 35.9 Å². The molecule has 1 saturated heterocycles. The highest BCUT2D eigenvalue weighted by atomic mass is 16.2. The van der Waals surface area contributed by atoms with Crippen LogP contribution >= 0.6 is 0 Å². The van der Waals surface area contributed by atoms with Crippen molar-refractivity contribution in [3.63, 3.8) is 0 Å². The molecule has 38 heavy (non-hydrogen) atoms. The van der Waals surface area contributed by atoms with Crippen molar-refractivity contribution in [2.24, 2.45) is 28.5 Å². The third-order valence-corrected chi connectivity index (χ3v) is 9.82. The van der Waals surface area contributed by atoms with Crippen molar-refractivity contribution < 1.29 is 9.59 Å². The quantitative estimate of drug-likeness (QED) is 0.430. The van der Waals surface area contributed by atoms with Crippen molar-refractivity contribution in [3.8, 4) is 0 Å². The maximum atomic E-state index is 14.0. The van der Waals surface area contributed by atoms with Crippen molar-refractivity contribution in [2.45, 2.75) is 108 Å². The lowest BCUT2D eigenvalue weighted by Crippen LogP contribution is -2.47. The Morgan fingerprint density at radius 3 is 2.16 bits per heavy atom. The van der Waals surface area contributed by atoms with E-state index in [1.54, 1.807) is 0 Å². The lowest BCUT2D eigenvalue weighted by atomic mass is 9.73. The summed E-state index contributed by atoms with van der Waals surface area (Å²) in [5.41, 5.74) is 7.08. The predicted molar refractivity (Wildman–Crippen MR) is 153 cm³/mol. The number of hydrogen-bond donors (Lipinski definition) is 1. The molecule has 6 heteroatoms. The zero-order chi connectivity index (χ0) is 26.4. The van der Waals surface area contributed by atoms with Crippen LogP contribution in [0.4, 0.5) is 0 Å². The van der Waals surface area contributed by atoms with Crippen molar-refractivity contribution in [1.82, 2.24) is 9.80 Å². The van der Waals surface area contributed by atoms with Gasteiger partial charge in [0, 0.05) is 26.1 Å². The van der Waals surface area contributed by atoms with Crippen molar-refractivity contribution in [1.29, 1.82) is 0 Å². The lowest BCUT2D eigenvalue weighted by Gasteiger charge is -2.35. The third-order valence-electron chi connectivity index (χ3n) is 9.82. The monoisotopic (exact) mass is 520 g/mol. The minimum Gasteiger partial charge on any atom is -0.369 e. The van der Waals surface area contributed by atoms with Crippen LogP contribution in [0.2, 0.25) is 0 Å². The van der Waals surface area contributed by atoms with Gasteiger partial charge < -0.3 is 10.6 Å². The van der Waals surface area contributed by atoms with Gasteiger partial charge in [0.05, 0.1) is 0 Å². The number of carbonyl (C=O) groups is 2. The topological polar surface area (TPSA) is 79.0 Å². The zero-order valence-corrected chi connectivity index (χ0v) is 23.3. The molecule has 2 aliphatic heterocycles. The van der Waals surface area contributed by atoms with Gasteiger partial charge in [0.25, 0.3) is 5.91 Å². The van der Waals surface area contributed by atoms with E-state index in [-0.39, 0.29) is 11.8 Å². The van der Waals surface area contributed by atoms with E-state index in [2.05, 4.69) is 12.1 Å². The highest BCUT2D eigenvalue weighted by Crippen LogP contribution is 2.42. The summed E-state index contributed by atoms with van der Waals surface area (Å²) in [6.45, 7) is 2.24. The number of nitrogens with zero attached hydrogens (tertiary/aromatic N) is 3. The molecule has 2 aliphatic carbocycles. The minimum absolute atomic E-state index is 0.167. The summed E-state index contributed by atoms with van der Waals surface area (Å²) in [5.74, 6) is 2.46. The molecule has 208 valence electrons. The Bertz CT molecular complexity index is 945. The summed E-state index contributed by atoms with van der Waals surface area (Å²) < 4.78 is 0. The van der Waals surface area contributed by atoms with Gasteiger partial charge in [-0.3, -0.25) is 14.5 Å². The largest absolute Gasteiger partial charge is 0.369 e. The summed E-state index contributed by atoms with van der Waals surface area (Å²) in [7, 11) is 0. The first kappa shape index (κ1) is 27.2. The van der Waals surface area contributed by atoms with Gasteiger partial charge in [0.2, 0.25) is 5.91 Å². The average Bonchev–Trinajstić information content (AvgIpc) is 3.50. The zero-order valence-electron chi connectivity index (χ0n) is 23.3. The normalized spacial score (nSPS) is 24.7. The number of amides is 2. The molecule has 1 atom stereocenters. The molecule has 1 aromatic carbocycles. The highest BCUT2D eigenvalue weighted by Gasteiger charge is 2.50. The molecule has 2 N–H and O–H groups in total. The molecule has 6 nitrogen and oxygen atoms in total. The molecule has 2 saturated carbocycles. The SMILES string of the molecule is NC1=NC(CC2CCCCC2)(CC2CCCCC2)C(=O)N1CCC1CCN(C(=O)CCc2ccccc2)C1. The van der Waals surface area contributed by atoms with Gasteiger partial charge in [-0.25, -0.2) is 4.99 Å². The van der Waals surface area contributed by atoms with E-state index in [1.807, 2.05) is 28.0 Å². The second kappa shape index (κ2) is 12.7. The van der Waals surface area contributed by atoms with Crippen LogP contribution in [-0.4, -0.2) is 52.7 Å². The molecule has 1 unspecified atom stereocenters. The third kappa shape index (κ3) is 6.60. The number of likely N-dealkylation sites (tertiary alicyclic amines) is 1. The maximum absolute atomic E-state index is 14.0. The fourth-order valence-corrected chi connectivity index (χ4v) is 7.65. The maximum Gasteiger partial charge on any atom is 0.257 e. The Morgan fingerprint density at radius 2 is 1.53 bits per heavy atom. The number of guanidine groups is 1. The van der Waals surface area contributed by atoms with Crippen LogP contribution in [0.15, 0.2) is 35.3 Å². The second-order valence-corrected chi connectivity index (χ2v) is 12.6. The molecule has 1 aromatic rings. The highest BCUT2D eigenvalue weighted by molar-refractivity contribution is 6.06. The van der Waals surface area contributed by atoms with Gasteiger partial charge in [-0.2, -0.15) is 0 Å². The summed E-state index contributed by atoms with van der Waals surface area (Å²) in [6.07, 6.45) is 17.7. The molecule has 4 aliphatic rings. The Morgan fingerprint density at radius 1 is 0.895 bits per heavy atom. The summed E-state index contributed by atoms with van der Waals surface area (Å²) in [5, 5.41) is 0. The first-order valence-corrected chi connectivity index (χ1v) is 15.5. The lowest BCUT2D eigenvalue weighted by molar-refractivity contribution is -0.133. The molecular formula is C32H48N4O2. The Kier molecular flexibility index (Phi) is 9.06. The number of rotatable bonds is 10. The van der Waals surface area contributed by atoms with Crippen LogP contribution in [0.5, 0.6) is 0 Å². The molecule has 0 radical (unpaired) electrons. The molecule has 2 heterocycles. The standard InChI is InChI=1S/C32H48N4O2/c33-31-34-32(22-26-12-6-2-7-13-26,23-27-14-8-3-9-15-27)30(38)36(31)21-19-28-18-20-35(24-28)29(37)17-16-25-10-4-1-5-11-25/h1,4-5,10-11,26-28H,2-3,6-9,12-24H2,(H2,33,34). The van der Waals surface area contributed by atoms with Crippen LogP contribution in [-0.2, 0) is 16.0 Å². The number of hydrogen-bond acceptors (Lipinski definition) is 4. The van der Waals surface area contributed by atoms with Gasteiger partial charge in [0.1, 0.15) is 5.54 Å². The number of carbonyl (C=O) groups excluding carboxylic acids is 2. The average molecular weight is 521 g/mol. The smallest absolute Gasteiger partial charge is 0.257 e. The van der Waals surface area contributed by atoms with Crippen LogP contribution in [0, 0.1) is 17.8 Å². The van der Waals surface area contributed by atoms with Gasteiger partial charge in [-0.15, -0.1) is 0 Å². The number of nitrogens with two attached hydrogens (primary N) is 1. The van der Waals surface area contributed by atoms with E-state index in [1.165, 1.54) is 69.8 Å². The van der Waals surface area contributed by atoms with E-state index >= 15 is 0 Å². The van der Waals surface area contributed by atoms with E-state index in [4.69, 9.17) is 10.7 Å². The number of aliphatic imine (C=N–C) groups is 1. The van der Waals surface area contributed by atoms with Crippen LogP contribution in [0.25, 0.3) is 0 Å². The number of benzene rings is 1. The van der Waals surface area contributed by atoms with E-state index in [0.717, 1.165) is 45.2 Å². The summed E-state index contributed by atoms with van der Waals surface area (Å²) in [6, 6.07) is 10.2. The van der Waals surface area contributed by atoms with E-state index in [9.17, 15) is 9.59 Å². The van der Waals surface area contributed by atoms with E-state index < -0.39 is 5.54 Å². The van der Waals surface area contributed by atoms with Crippen LogP contribution in [0.1, 0.15) is 102 Å². The fourth-order valence-electron chi connectivity index (χ4n) is 7.65. The van der Waals surface area contributed by atoms with Gasteiger partial charge in [-0.1, -0.05) is 94.5 Å².